The quantitative estimate of drug-likeness (QED) is 0.660. The van der Waals surface area contributed by atoms with Gasteiger partial charge in [-0.3, -0.25) is 0 Å². The Morgan fingerprint density at radius 2 is 1.82 bits per heavy atom. The summed E-state index contributed by atoms with van der Waals surface area (Å²) in [6.45, 7) is 0.938. The van der Waals surface area contributed by atoms with Gasteiger partial charge in [0.15, 0.2) is 0 Å². The minimum Gasteiger partial charge on any atom is -0.423 e. The molecule has 0 aliphatic rings. The minimum atomic E-state index is -1.40. The normalized spacial score (nSPS) is 10.8. The highest BCUT2D eigenvalue weighted by Crippen LogP contribution is 2.15. The fourth-order valence-corrected chi connectivity index (χ4v) is 1.90. The Morgan fingerprint density at radius 3 is 2.53 bits per heavy atom. The van der Waals surface area contributed by atoms with Gasteiger partial charge in [0.25, 0.3) is 0 Å². The standard InChI is InChI=1S/C13H16BNO2/c1-15-7-6-10-2-3-11-4-5-13(14(16)17)9-12(11)8-10/h2-5,8-9,15-17H,6-7H2,1H3. The van der Waals surface area contributed by atoms with E-state index in [1.54, 1.807) is 6.07 Å². The van der Waals surface area contributed by atoms with Crippen molar-refractivity contribution in [3.8, 4) is 0 Å². The summed E-state index contributed by atoms with van der Waals surface area (Å²) in [5.41, 5.74) is 1.78. The zero-order chi connectivity index (χ0) is 12.3. The van der Waals surface area contributed by atoms with E-state index < -0.39 is 7.12 Å². The molecule has 3 nitrogen and oxygen atoms in total. The molecule has 0 saturated carbocycles. The first kappa shape index (κ1) is 12.1. The van der Waals surface area contributed by atoms with Crippen LogP contribution >= 0.6 is 0 Å². The maximum Gasteiger partial charge on any atom is 0.488 e. The van der Waals surface area contributed by atoms with Gasteiger partial charge >= 0.3 is 7.12 Å². The number of rotatable bonds is 4. The van der Waals surface area contributed by atoms with Gasteiger partial charge in [-0.05, 0) is 41.8 Å². The van der Waals surface area contributed by atoms with Crippen LogP contribution in [0.2, 0.25) is 0 Å². The van der Waals surface area contributed by atoms with Crippen LogP contribution in [0.15, 0.2) is 36.4 Å². The number of hydrogen-bond acceptors (Lipinski definition) is 3. The van der Waals surface area contributed by atoms with Crippen LogP contribution in [-0.4, -0.2) is 30.8 Å². The predicted molar refractivity (Wildman–Crippen MR) is 71.4 cm³/mol. The van der Waals surface area contributed by atoms with E-state index in [0.717, 1.165) is 23.7 Å². The van der Waals surface area contributed by atoms with E-state index in [4.69, 9.17) is 10.0 Å². The number of likely N-dealkylation sites (N-methyl/N-ethyl adjacent to an activating group) is 1. The summed E-state index contributed by atoms with van der Waals surface area (Å²) in [4.78, 5) is 0. The molecule has 2 aromatic carbocycles. The zero-order valence-corrected chi connectivity index (χ0v) is 9.85. The first-order valence-electron chi connectivity index (χ1n) is 5.74. The lowest BCUT2D eigenvalue weighted by molar-refractivity contribution is 0.426. The summed E-state index contributed by atoms with van der Waals surface area (Å²) in [6, 6.07) is 11.7. The van der Waals surface area contributed by atoms with Gasteiger partial charge in [-0.15, -0.1) is 0 Å². The second-order valence-corrected chi connectivity index (χ2v) is 4.17. The van der Waals surface area contributed by atoms with E-state index in [1.807, 2.05) is 19.2 Å². The Labute approximate surface area is 101 Å². The second-order valence-electron chi connectivity index (χ2n) is 4.17. The summed E-state index contributed by atoms with van der Waals surface area (Å²) < 4.78 is 0. The van der Waals surface area contributed by atoms with E-state index in [0.29, 0.717) is 5.46 Å². The van der Waals surface area contributed by atoms with Gasteiger partial charge in [-0.25, -0.2) is 0 Å². The molecule has 0 spiro atoms. The molecule has 0 amide bonds. The Kier molecular flexibility index (Phi) is 3.79. The first-order valence-corrected chi connectivity index (χ1v) is 5.74. The molecule has 3 N–H and O–H groups in total. The van der Waals surface area contributed by atoms with Gasteiger partial charge in [0.2, 0.25) is 0 Å². The van der Waals surface area contributed by atoms with Crippen molar-refractivity contribution in [2.24, 2.45) is 0 Å². The average molecular weight is 229 g/mol. The molecule has 0 saturated heterocycles. The van der Waals surface area contributed by atoms with E-state index in [1.165, 1.54) is 5.56 Å². The maximum atomic E-state index is 9.14. The fraction of sp³-hybridized carbons (Fsp3) is 0.231. The number of fused-ring (bicyclic) bond motifs is 1. The molecule has 0 unspecified atom stereocenters. The molecule has 0 bridgehead atoms. The summed E-state index contributed by atoms with van der Waals surface area (Å²) in [5.74, 6) is 0. The summed E-state index contributed by atoms with van der Waals surface area (Å²) in [5, 5.41) is 23.6. The Hall–Kier alpha value is -1.36. The van der Waals surface area contributed by atoms with Crippen LogP contribution in [0.1, 0.15) is 5.56 Å². The first-order chi connectivity index (χ1) is 8.20. The molecule has 4 heteroatoms. The number of benzene rings is 2. The lowest BCUT2D eigenvalue weighted by Gasteiger charge is -2.06. The van der Waals surface area contributed by atoms with Crippen LogP contribution in [0.4, 0.5) is 0 Å². The second kappa shape index (κ2) is 5.32. The van der Waals surface area contributed by atoms with Crippen molar-refractivity contribution in [3.05, 3.63) is 42.0 Å². The molecule has 2 aromatic rings. The minimum absolute atomic E-state index is 0.531. The van der Waals surface area contributed by atoms with E-state index >= 15 is 0 Å². The summed E-state index contributed by atoms with van der Waals surface area (Å²) in [6.07, 6.45) is 0.971. The molecular weight excluding hydrogens is 213 g/mol. The van der Waals surface area contributed by atoms with Crippen molar-refractivity contribution in [1.82, 2.24) is 5.32 Å². The molecule has 0 aromatic heterocycles. The molecular formula is C13H16BNO2. The lowest BCUT2D eigenvalue weighted by atomic mass is 9.79. The lowest BCUT2D eigenvalue weighted by Crippen LogP contribution is -2.29. The van der Waals surface area contributed by atoms with Crippen molar-refractivity contribution >= 4 is 23.4 Å². The predicted octanol–water partition coefficient (Wildman–Crippen LogP) is 0.282. The third-order valence-electron chi connectivity index (χ3n) is 2.89. The Balaban J connectivity index is 2.36. The Morgan fingerprint density at radius 1 is 1.06 bits per heavy atom. The fourth-order valence-electron chi connectivity index (χ4n) is 1.90. The molecule has 0 heterocycles. The molecule has 2 rings (SSSR count). The zero-order valence-electron chi connectivity index (χ0n) is 9.85. The van der Waals surface area contributed by atoms with Gasteiger partial charge in [0, 0.05) is 0 Å². The molecule has 0 radical (unpaired) electrons. The highest BCUT2D eigenvalue weighted by atomic mass is 16.4. The molecule has 88 valence electrons. The Bertz CT molecular complexity index is 514. The monoisotopic (exact) mass is 229 g/mol. The van der Waals surface area contributed by atoms with Gasteiger partial charge in [-0.1, -0.05) is 36.4 Å². The van der Waals surface area contributed by atoms with Crippen LogP contribution in [-0.2, 0) is 6.42 Å². The summed E-state index contributed by atoms with van der Waals surface area (Å²) in [7, 11) is 0.529. The SMILES string of the molecule is CNCCc1ccc2ccc(B(O)O)cc2c1. The molecule has 0 aliphatic heterocycles. The number of nitrogens with one attached hydrogen (secondary N) is 1. The third-order valence-corrected chi connectivity index (χ3v) is 2.89. The molecule has 0 atom stereocenters. The van der Waals surface area contributed by atoms with Crippen LogP contribution in [0.5, 0.6) is 0 Å². The van der Waals surface area contributed by atoms with Crippen molar-refractivity contribution in [1.29, 1.82) is 0 Å². The van der Waals surface area contributed by atoms with Gasteiger partial charge in [-0.2, -0.15) is 0 Å². The van der Waals surface area contributed by atoms with Crippen molar-refractivity contribution in [2.45, 2.75) is 6.42 Å². The molecule has 0 aliphatic carbocycles. The topological polar surface area (TPSA) is 52.5 Å². The van der Waals surface area contributed by atoms with Crippen molar-refractivity contribution in [2.75, 3.05) is 13.6 Å². The van der Waals surface area contributed by atoms with E-state index in [9.17, 15) is 0 Å². The maximum absolute atomic E-state index is 9.14. The highest BCUT2D eigenvalue weighted by molar-refractivity contribution is 6.58. The van der Waals surface area contributed by atoms with E-state index in [-0.39, 0.29) is 0 Å². The molecule has 17 heavy (non-hydrogen) atoms. The highest BCUT2D eigenvalue weighted by Gasteiger charge is 2.10. The van der Waals surface area contributed by atoms with Gasteiger partial charge in [0.05, 0.1) is 0 Å². The van der Waals surface area contributed by atoms with Crippen LogP contribution in [0.3, 0.4) is 0 Å². The van der Waals surface area contributed by atoms with Crippen LogP contribution in [0, 0.1) is 0 Å². The van der Waals surface area contributed by atoms with Gasteiger partial charge < -0.3 is 15.4 Å². The summed E-state index contributed by atoms with van der Waals surface area (Å²) >= 11 is 0. The largest absolute Gasteiger partial charge is 0.488 e. The van der Waals surface area contributed by atoms with E-state index in [2.05, 4.69) is 23.5 Å². The van der Waals surface area contributed by atoms with Crippen LogP contribution < -0.4 is 10.8 Å². The van der Waals surface area contributed by atoms with Crippen molar-refractivity contribution in [3.63, 3.8) is 0 Å². The average Bonchev–Trinajstić information content (AvgIpc) is 2.35. The molecule has 0 fully saturated rings. The van der Waals surface area contributed by atoms with Gasteiger partial charge in [0.1, 0.15) is 0 Å². The third kappa shape index (κ3) is 2.85. The smallest absolute Gasteiger partial charge is 0.423 e. The van der Waals surface area contributed by atoms with Crippen molar-refractivity contribution < 1.29 is 10.0 Å². The number of hydrogen-bond donors (Lipinski definition) is 3. The van der Waals surface area contributed by atoms with Crippen LogP contribution in [0.25, 0.3) is 10.8 Å².